The van der Waals surface area contributed by atoms with Crippen LogP contribution in [0.1, 0.15) is 90.9 Å². The summed E-state index contributed by atoms with van der Waals surface area (Å²) in [4.78, 5) is 0. The minimum atomic E-state index is -0.0480. The van der Waals surface area contributed by atoms with Gasteiger partial charge >= 0.3 is 0 Å². The molecule has 2 N–H and O–H groups in total. The van der Waals surface area contributed by atoms with Gasteiger partial charge in [-0.15, -0.1) is 0 Å². The van der Waals surface area contributed by atoms with Gasteiger partial charge in [-0.3, -0.25) is 0 Å². The van der Waals surface area contributed by atoms with E-state index in [0.29, 0.717) is 0 Å². The Balaban J connectivity index is 2.94. The zero-order chi connectivity index (χ0) is 13.5. The van der Waals surface area contributed by atoms with Crippen molar-refractivity contribution in [2.45, 2.75) is 97.1 Å². The van der Waals surface area contributed by atoms with E-state index in [2.05, 4.69) is 13.8 Å². The van der Waals surface area contributed by atoms with Crippen LogP contribution in [-0.2, 0) is 4.74 Å². The molecule has 0 heterocycles. The standard InChI is InChI=1S/C16H35NO/c1-3-5-6-7-8-9-10-11-12-13-14-15-18-16(17)4-2/h16H,3-15,17H2,1-2H3. The Morgan fingerprint density at radius 3 is 1.61 bits per heavy atom. The van der Waals surface area contributed by atoms with Crippen molar-refractivity contribution in [3.63, 3.8) is 0 Å². The quantitative estimate of drug-likeness (QED) is 0.351. The summed E-state index contributed by atoms with van der Waals surface area (Å²) in [5, 5.41) is 0. The van der Waals surface area contributed by atoms with Gasteiger partial charge in [-0.05, 0) is 12.8 Å². The van der Waals surface area contributed by atoms with Crippen LogP contribution in [0.25, 0.3) is 0 Å². The van der Waals surface area contributed by atoms with Crippen LogP contribution in [-0.4, -0.2) is 12.8 Å². The molecule has 2 nitrogen and oxygen atoms in total. The van der Waals surface area contributed by atoms with Gasteiger partial charge in [0.25, 0.3) is 0 Å². The van der Waals surface area contributed by atoms with Crippen molar-refractivity contribution in [1.82, 2.24) is 0 Å². The second-order valence-corrected chi connectivity index (χ2v) is 5.35. The monoisotopic (exact) mass is 257 g/mol. The van der Waals surface area contributed by atoms with Crippen LogP contribution >= 0.6 is 0 Å². The molecule has 0 rings (SSSR count). The Bertz CT molecular complexity index is 150. The molecule has 0 aliphatic carbocycles. The third-order valence-electron chi connectivity index (χ3n) is 3.48. The van der Waals surface area contributed by atoms with E-state index < -0.39 is 0 Å². The second kappa shape index (κ2) is 15.0. The Morgan fingerprint density at radius 2 is 1.17 bits per heavy atom. The molecule has 0 amide bonds. The lowest BCUT2D eigenvalue weighted by molar-refractivity contribution is 0.0526. The molecule has 110 valence electrons. The van der Waals surface area contributed by atoms with Crippen molar-refractivity contribution >= 4 is 0 Å². The summed E-state index contributed by atoms with van der Waals surface area (Å²) in [6.07, 6.45) is 16.0. The van der Waals surface area contributed by atoms with Gasteiger partial charge in [-0.1, -0.05) is 78.1 Å². The minimum Gasteiger partial charge on any atom is -0.364 e. The number of hydrogen-bond donors (Lipinski definition) is 1. The average Bonchev–Trinajstić information content (AvgIpc) is 2.39. The maximum absolute atomic E-state index is 5.68. The van der Waals surface area contributed by atoms with Gasteiger partial charge in [0.05, 0.1) is 0 Å². The fraction of sp³-hybridized carbons (Fsp3) is 1.00. The van der Waals surface area contributed by atoms with Crippen LogP contribution in [0.4, 0.5) is 0 Å². The van der Waals surface area contributed by atoms with Crippen molar-refractivity contribution in [3.8, 4) is 0 Å². The maximum atomic E-state index is 5.68. The Labute approximate surface area is 115 Å². The Kier molecular flexibility index (Phi) is 14.9. The van der Waals surface area contributed by atoms with E-state index in [1.807, 2.05) is 0 Å². The van der Waals surface area contributed by atoms with Gasteiger partial charge in [0.1, 0.15) is 6.23 Å². The van der Waals surface area contributed by atoms with Crippen LogP contribution < -0.4 is 5.73 Å². The van der Waals surface area contributed by atoms with Crippen molar-refractivity contribution in [2.24, 2.45) is 5.73 Å². The lowest BCUT2D eigenvalue weighted by Crippen LogP contribution is -2.22. The van der Waals surface area contributed by atoms with Crippen molar-refractivity contribution < 1.29 is 4.74 Å². The fourth-order valence-electron chi connectivity index (χ4n) is 2.12. The summed E-state index contributed by atoms with van der Waals surface area (Å²) in [6.45, 7) is 5.17. The van der Waals surface area contributed by atoms with Gasteiger partial charge in [-0.25, -0.2) is 0 Å². The summed E-state index contributed by atoms with van der Waals surface area (Å²) in [6, 6.07) is 0. The molecule has 0 aromatic heterocycles. The molecular weight excluding hydrogens is 222 g/mol. The first-order chi connectivity index (χ1) is 8.81. The van der Waals surface area contributed by atoms with Crippen molar-refractivity contribution in [1.29, 1.82) is 0 Å². The van der Waals surface area contributed by atoms with Crippen LogP contribution in [0, 0.1) is 0 Å². The van der Waals surface area contributed by atoms with Gasteiger partial charge < -0.3 is 10.5 Å². The Hall–Kier alpha value is -0.0800. The molecule has 0 radical (unpaired) electrons. The lowest BCUT2D eigenvalue weighted by Gasteiger charge is -2.09. The second-order valence-electron chi connectivity index (χ2n) is 5.35. The highest BCUT2D eigenvalue weighted by Crippen LogP contribution is 2.11. The van der Waals surface area contributed by atoms with E-state index in [1.54, 1.807) is 0 Å². The fourth-order valence-corrected chi connectivity index (χ4v) is 2.12. The molecule has 0 bridgehead atoms. The molecular formula is C16H35NO. The first kappa shape index (κ1) is 17.9. The molecule has 0 saturated heterocycles. The zero-order valence-electron chi connectivity index (χ0n) is 12.8. The number of unbranched alkanes of at least 4 members (excludes halogenated alkanes) is 10. The first-order valence-electron chi connectivity index (χ1n) is 8.18. The van der Waals surface area contributed by atoms with E-state index >= 15 is 0 Å². The molecule has 0 aromatic carbocycles. The summed E-state index contributed by atoms with van der Waals surface area (Å²) in [5.41, 5.74) is 5.68. The molecule has 1 unspecified atom stereocenters. The van der Waals surface area contributed by atoms with Gasteiger partial charge in [-0.2, -0.15) is 0 Å². The van der Waals surface area contributed by atoms with Crippen LogP contribution in [0.3, 0.4) is 0 Å². The third kappa shape index (κ3) is 14.0. The molecule has 0 aliphatic heterocycles. The van der Waals surface area contributed by atoms with E-state index in [0.717, 1.165) is 13.0 Å². The largest absolute Gasteiger partial charge is 0.364 e. The summed E-state index contributed by atoms with van der Waals surface area (Å²) >= 11 is 0. The number of nitrogens with two attached hydrogens (primary N) is 1. The van der Waals surface area contributed by atoms with E-state index in [9.17, 15) is 0 Å². The average molecular weight is 257 g/mol. The SMILES string of the molecule is CCCCCCCCCCCCCOC(N)CC. The van der Waals surface area contributed by atoms with Gasteiger partial charge in [0.15, 0.2) is 0 Å². The normalized spacial score (nSPS) is 12.8. The third-order valence-corrected chi connectivity index (χ3v) is 3.48. The van der Waals surface area contributed by atoms with Crippen LogP contribution in [0.15, 0.2) is 0 Å². The molecule has 0 aliphatic rings. The molecule has 0 spiro atoms. The molecule has 0 saturated carbocycles. The van der Waals surface area contributed by atoms with Gasteiger partial charge in [0, 0.05) is 6.61 Å². The molecule has 1 atom stereocenters. The predicted octanol–water partition coefficient (Wildman–Crippen LogP) is 5.01. The number of rotatable bonds is 14. The summed E-state index contributed by atoms with van der Waals surface area (Å²) < 4.78 is 5.45. The van der Waals surface area contributed by atoms with Crippen molar-refractivity contribution in [3.05, 3.63) is 0 Å². The molecule has 0 fully saturated rings. The van der Waals surface area contributed by atoms with Crippen LogP contribution in [0.5, 0.6) is 0 Å². The lowest BCUT2D eigenvalue weighted by atomic mass is 10.1. The number of ether oxygens (including phenoxy) is 1. The minimum absolute atomic E-state index is 0.0480. The summed E-state index contributed by atoms with van der Waals surface area (Å²) in [7, 11) is 0. The van der Waals surface area contributed by atoms with E-state index in [1.165, 1.54) is 70.6 Å². The van der Waals surface area contributed by atoms with E-state index in [4.69, 9.17) is 10.5 Å². The van der Waals surface area contributed by atoms with E-state index in [-0.39, 0.29) is 6.23 Å². The highest BCUT2D eigenvalue weighted by atomic mass is 16.5. The molecule has 0 aromatic rings. The molecule has 18 heavy (non-hydrogen) atoms. The zero-order valence-corrected chi connectivity index (χ0v) is 12.8. The maximum Gasteiger partial charge on any atom is 0.105 e. The molecule has 2 heteroatoms. The van der Waals surface area contributed by atoms with Gasteiger partial charge in [0.2, 0.25) is 0 Å². The topological polar surface area (TPSA) is 35.2 Å². The smallest absolute Gasteiger partial charge is 0.105 e. The summed E-state index contributed by atoms with van der Waals surface area (Å²) in [5.74, 6) is 0. The predicted molar refractivity (Wildman–Crippen MR) is 80.7 cm³/mol. The Morgan fingerprint density at radius 1 is 0.722 bits per heavy atom. The first-order valence-corrected chi connectivity index (χ1v) is 8.18. The number of hydrogen-bond acceptors (Lipinski definition) is 2. The van der Waals surface area contributed by atoms with Crippen LogP contribution in [0.2, 0.25) is 0 Å². The highest BCUT2D eigenvalue weighted by molar-refractivity contribution is 4.48. The highest BCUT2D eigenvalue weighted by Gasteiger charge is 1.97. The van der Waals surface area contributed by atoms with Crippen molar-refractivity contribution in [2.75, 3.05) is 6.61 Å².